The highest BCUT2D eigenvalue weighted by Crippen LogP contribution is 2.36. The molecular formula is C15H11BrFN3O2. The third-order valence-corrected chi connectivity index (χ3v) is 3.94. The molecule has 0 aliphatic heterocycles. The van der Waals surface area contributed by atoms with E-state index < -0.39 is 5.95 Å². The van der Waals surface area contributed by atoms with Crippen LogP contribution in [0, 0.1) is 5.95 Å². The smallest absolute Gasteiger partial charge is 0.255 e. The zero-order valence-electron chi connectivity index (χ0n) is 11.5. The van der Waals surface area contributed by atoms with Crippen LogP contribution in [-0.2, 0) is 0 Å². The molecule has 0 bridgehead atoms. The van der Waals surface area contributed by atoms with Gasteiger partial charge in [0.1, 0.15) is 11.3 Å². The molecule has 0 unspecified atom stereocenters. The van der Waals surface area contributed by atoms with Crippen molar-refractivity contribution in [2.45, 2.75) is 0 Å². The van der Waals surface area contributed by atoms with Crippen molar-refractivity contribution < 1.29 is 13.6 Å². The van der Waals surface area contributed by atoms with Crippen LogP contribution in [0.3, 0.4) is 0 Å². The van der Waals surface area contributed by atoms with Crippen molar-refractivity contribution >= 4 is 38.5 Å². The molecule has 0 fully saturated rings. The largest absolute Gasteiger partial charge is 0.455 e. The molecule has 0 spiro atoms. The van der Waals surface area contributed by atoms with E-state index in [-0.39, 0.29) is 5.91 Å². The lowest BCUT2D eigenvalue weighted by atomic mass is 10.1. The summed E-state index contributed by atoms with van der Waals surface area (Å²) in [6, 6.07) is 6.07. The number of aromatic nitrogens is 1. The first-order chi connectivity index (χ1) is 10.5. The van der Waals surface area contributed by atoms with Crippen LogP contribution in [-0.4, -0.2) is 17.9 Å². The zero-order chi connectivity index (χ0) is 15.9. The topological polar surface area (TPSA) is 81.2 Å². The predicted molar refractivity (Wildman–Crippen MR) is 84.9 cm³/mol. The van der Waals surface area contributed by atoms with Gasteiger partial charge in [0.05, 0.1) is 5.56 Å². The highest BCUT2D eigenvalue weighted by molar-refractivity contribution is 9.10. The van der Waals surface area contributed by atoms with Gasteiger partial charge in [0, 0.05) is 40.4 Å². The molecule has 2 aromatic heterocycles. The summed E-state index contributed by atoms with van der Waals surface area (Å²) in [5, 5.41) is 3.19. The second-order valence-electron chi connectivity index (χ2n) is 4.62. The van der Waals surface area contributed by atoms with Gasteiger partial charge in [-0.25, -0.2) is 4.98 Å². The number of fused-ring (bicyclic) bond motifs is 1. The van der Waals surface area contributed by atoms with Crippen LogP contribution in [0.5, 0.6) is 0 Å². The van der Waals surface area contributed by atoms with Crippen LogP contribution in [0.25, 0.3) is 22.3 Å². The molecule has 0 aliphatic rings. The SMILES string of the molecule is CNC(=O)c1c(-c2ccc(F)nc2)oc2cc(N)c(Br)cc12. The van der Waals surface area contributed by atoms with Gasteiger partial charge in [0.15, 0.2) is 0 Å². The van der Waals surface area contributed by atoms with Gasteiger partial charge in [-0.2, -0.15) is 4.39 Å². The number of nitrogens with two attached hydrogens (primary N) is 1. The minimum Gasteiger partial charge on any atom is -0.455 e. The molecule has 0 aliphatic carbocycles. The van der Waals surface area contributed by atoms with Crippen LogP contribution < -0.4 is 11.1 Å². The van der Waals surface area contributed by atoms with Gasteiger partial charge in [-0.3, -0.25) is 4.79 Å². The average molecular weight is 364 g/mol. The van der Waals surface area contributed by atoms with Crippen molar-refractivity contribution in [3.8, 4) is 11.3 Å². The molecule has 112 valence electrons. The Bertz CT molecular complexity index is 875. The summed E-state index contributed by atoms with van der Waals surface area (Å²) in [4.78, 5) is 15.8. The molecule has 0 atom stereocenters. The van der Waals surface area contributed by atoms with E-state index >= 15 is 0 Å². The Balaban J connectivity index is 2.33. The number of benzene rings is 1. The molecule has 3 aromatic rings. The van der Waals surface area contributed by atoms with Crippen molar-refractivity contribution in [1.82, 2.24) is 10.3 Å². The van der Waals surface area contributed by atoms with Gasteiger partial charge >= 0.3 is 0 Å². The maximum absolute atomic E-state index is 13.0. The Morgan fingerprint density at radius 2 is 2.18 bits per heavy atom. The van der Waals surface area contributed by atoms with Crippen molar-refractivity contribution in [1.29, 1.82) is 0 Å². The fourth-order valence-corrected chi connectivity index (χ4v) is 2.54. The molecule has 0 saturated carbocycles. The fourth-order valence-electron chi connectivity index (χ4n) is 2.20. The lowest BCUT2D eigenvalue weighted by Crippen LogP contribution is -2.18. The number of amides is 1. The molecule has 5 nitrogen and oxygen atoms in total. The first-order valence-electron chi connectivity index (χ1n) is 6.36. The highest BCUT2D eigenvalue weighted by atomic mass is 79.9. The van der Waals surface area contributed by atoms with Crippen molar-refractivity contribution in [2.75, 3.05) is 12.8 Å². The van der Waals surface area contributed by atoms with Crippen molar-refractivity contribution in [3.63, 3.8) is 0 Å². The Kier molecular flexibility index (Phi) is 3.58. The maximum Gasteiger partial charge on any atom is 0.255 e. The molecule has 1 amide bonds. The normalized spacial score (nSPS) is 10.9. The molecule has 22 heavy (non-hydrogen) atoms. The summed E-state index contributed by atoms with van der Waals surface area (Å²) in [6.07, 6.45) is 1.32. The Morgan fingerprint density at radius 1 is 1.41 bits per heavy atom. The number of nitrogen functional groups attached to an aromatic ring is 1. The first-order valence-corrected chi connectivity index (χ1v) is 7.16. The molecule has 7 heteroatoms. The van der Waals surface area contributed by atoms with Gasteiger partial charge in [0.2, 0.25) is 5.95 Å². The van der Waals surface area contributed by atoms with Gasteiger partial charge < -0.3 is 15.5 Å². The number of rotatable bonds is 2. The number of hydrogen-bond donors (Lipinski definition) is 2. The fraction of sp³-hybridized carbons (Fsp3) is 0.0667. The standard InChI is InChI=1S/C15H11BrFN3O2/c1-19-15(21)13-8-4-9(16)10(18)5-11(8)22-14(13)7-2-3-12(17)20-6-7/h2-6H,18H2,1H3,(H,19,21). The summed E-state index contributed by atoms with van der Waals surface area (Å²) in [6.45, 7) is 0. The van der Waals surface area contributed by atoms with E-state index in [1.807, 2.05) is 0 Å². The number of carbonyl (C=O) groups is 1. The minimum absolute atomic E-state index is 0.310. The van der Waals surface area contributed by atoms with Crippen molar-refractivity contribution in [3.05, 3.63) is 46.4 Å². The summed E-state index contributed by atoms with van der Waals surface area (Å²) in [5.74, 6) is -0.595. The monoisotopic (exact) mass is 363 g/mol. The molecule has 1 aromatic carbocycles. The van der Waals surface area contributed by atoms with Gasteiger partial charge in [-0.15, -0.1) is 0 Å². The number of halogens is 2. The van der Waals surface area contributed by atoms with E-state index in [0.717, 1.165) is 0 Å². The van der Waals surface area contributed by atoms with Gasteiger partial charge in [0.25, 0.3) is 5.91 Å². The third-order valence-electron chi connectivity index (χ3n) is 3.25. The van der Waals surface area contributed by atoms with Crippen LogP contribution in [0.1, 0.15) is 10.4 Å². The van der Waals surface area contributed by atoms with E-state index in [9.17, 15) is 9.18 Å². The Labute approximate surface area is 133 Å². The minimum atomic E-state index is -0.603. The summed E-state index contributed by atoms with van der Waals surface area (Å²) in [5.41, 5.74) is 7.67. The number of nitrogens with zero attached hydrogens (tertiary/aromatic N) is 1. The Hall–Kier alpha value is -2.41. The third kappa shape index (κ3) is 2.33. The lowest BCUT2D eigenvalue weighted by molar-refractivity contribution is 0.0964. The maximum atomic E-state index is 13.0. The quantitative estimate of drug-likeness (QED) is 0.540. The van der Waals surface area contributed by atoms with E-state index in [1.54, 1.807) is 12.1 Å². The molecule has 2 heterocycles. The highest BCUT2D eigenvalue weighted by Gasteiger charge is 2.22. The summed E-state index contributed by atoms with van der Waals surface area (Å²) in [7, 11) is 1.53. The second-order valence-corrected chi connectivity index (χ2v) is 5.48. The first kappa shape index (κ1) is 14.5. The van der Waals surface area contributed by atoms with Crippen LogP contribution in [0.2, 0.25) is 0 Å². The summed E-state index contributed by atoms with van der Waals surface area (Å²) >= 11 is 3.34. The number of nitrogens with one attached hydrogen (secondary N) is 1. The number of carbonyl (C=O) groups excluding carboxylic acids is 1. The Morgan fingerprint density at radius 3 is 2.82 bits per heavy atom. The van der Waals surface area contributed by atoms with Crippen LogP contribution in [0.4, 0.5) is 10.1 Å². The number of pyridine rings is 1. The van der Waals surface area contributed by atoms with E-state index in [2.05, 4.69) is 26.2 Å². The zero-order valence-corrected chi connectivity index (χ0v) is 13.1. The average Bonchev–Trinajstić information content (AvgIpc) is 2.86. The molecule has 0 radical (unpaired) electrons. The lowest BCUT2D eigenvalue weighted by Gasteiger charge is -2.02. The van der Waals surface area contributed by atoms with Crippen molar-refractivity contribution in [2.24, 2.45) is 0 Å². The van der Waals surface area contributed by atoms with E-state index in [0.29, 0.717) is 38.0 Å². The van der Waals surface area contributed by atoms with Crippen LogP contribution in [0.15, 0.2) is 39.4 Å². The van der Waals surface area contributed by atoms with E-state index in [1.165, 1.54) is 25.4 Å². The number of anilines is 1. The molecular weight excluding hydrogens is 353 g/mol. The van der Waals surface area contributed by atoms with Gasteiger partial charge in [-0.1, -0.05) is 0 Å². The number of furan rings is 1. The second kappa shape index (κ2) is 5.42. The molecule has 3 rings (SSSR count). The summed E-state index contributed by atoms with van der Waals surface area (Å²) < 4.78 is 19.4. The molecule has 3 N–H and O–H groups in total. The number of hydrogen-bond acceptors (Lipinski definition) is 4. The predicted octanol–water partition coefficient (Wildman–Crippen LogP) is 3.34. The van der Waals surface area contributed by atoms with E-state index in [4.69, 9.17) is 10.2 Å². The van der Waals surface area contributed by atoms with Crippen LogP contribution >= 0.6 is 15.9 Å². The molecule has 0 saturated heterocycles. The van der Waals surface area contributed by atoms with Gasteiger partial charge in [-0.05, 0) is 34.1 Å².